The van der Waals surface area contributed by atoms with Crippen LogP contribution in [-0.2, 0) is 6.42 Å². The van der Waals surface area contributed by atoms with Gasteiger partial charge in [-0.2, -0.15) is 0 Å². The van der Waals surface area contributed by atoms with Crippen LogP contribution < -0.4 is 5.73 Å². The van der Waals surface area contributed by atoms with Crippen molar-refractivity contribution in [2.45, 2.75) is 31.8 Å². The van der Waals surface area contributed by atoms with E-state index in [1.807, 2.05) is 30.3 Å². The summed E-state index contributed by atoms with van der Waals surface area (Å²) in [6, 6.07) is 10.1. The molecule has 1 rings (SSSR count). The van der Waals surface area contributed by atoms with Crippen LogP contribution in [0.25, 0.3) is 0 Å². The van der Waals surface area contributed by atoms with E-state index in [1.54, 1.807) is 0 Å². The van der Waals surface area contributed by atoms with E-state index in [1.165, 1.54) is 5.56 Å². The second-order valence-electron chi connectivity index (χ2n) is 3.63. The highest BCUT2D eigenvalue weighted by Crippen LogP contribution is 2.08. The molecule has 0 heterocycles. The van der Waals surface area contributed by atoms with E-state index in [4.69, 9.17) is 5.73 Å². The van der Waals surface area contributed by atoms with Gasteiger partial charge in [-0.05, 0) is 37.8 Å². The number of hydrogen-bond acceptors (Lipinski definition) is 2. The molecule has 1 aromatic carbocycles. The van der Waals surface area contributed by atoms with Crippen molar-refractivity contribution in [3.8, 4) is 0 Å². The Hall–Kier alpha value is -0.860. The molecule has 1 atom stereocenters. The summed E-state index contributed by atoms with van der Waals surface area (Å²) in [7, 11) is 0. The third-order valence-corrected chi connectivity index (χ3v) is 2.31. The Morgan fingerprint density at radius 1 is 1.14 bits per heavy atom. The normalized spacial score (nSPS) is 12.7. The topological polar surface area (TPSA) is 46.2 Å². The summed E-state index contributed by atoms with van der Waals surface area (Å²) in [6.07, 6.45) is 3.41. The second kappa shape index (κ2) is 6.57. The molecule has 14 heavy (non-hydrogen) atoms. The van der Waals surface area contributed by atoms with E-state index in [0.717, 1.165) is 32.2 Å². The van der Waals surface area contributed by atoms with Crippen LogP contribution in [0.2, 0.25) is 0 Å². The lowest BCUT2D eigenvalue weighted by atomic mass is 10.0. The Morgan fingerprint density at radius 2 is 1.86 bits per heavy atom. The molecule has 1 unspecified atom stereocenters. The summed E-state index contributed by atoms with van der Waals surface area (Å²) >= 11 is 0. The molecular formula is C12H19NO. The maximum atomic E-state index is 9.69. The average Bonchev–Trinajstić information content (AvgIpc) is 2.20. The predicted molar refractivity (Wildman–Crippen MR) is 59.1 cm³/mol. The van der Waals surface area contributed by atoms with E-state index >= 15 is 0 Å². The van der Waals surface area contributed by atoms with Crippen molar-refractivity contribution in [1.29, 1.82) is 0 Å². The van der Waals surface area contributed by atoms with Gasteiger partial charge in [0.1, 0.15) is 0 Å². The highest BCUT2D eigenvalue weighted by molar-refractivity contribution is 5.15. The first-order chi connectivity index (χ1) is 6.83. The Labute approximate surface area is 85.8 Å². The van der Waals surface area contributed by atoms with Crippen LogP contribution in [0, 0.1) is 0 Å². The smallest absolute Gasteiger partial charge is 0.0580 e. The highest BCUT2D eigenvalue weighted by Gasteiger charge is 2.04. The van der Waals surface area contributed by atoms with Crippen molar-refractivity contribution in [2.24, 2.45) is 5.73 Å². The minimum absolute atomic E-state index is 0.219. The molecule has 0 aliphatic rings. The molecule has 0 saturated heterocycles. The molecule has 2 nitrogen and oxygen atoms in total. The first-order valence-electron chi connectivity index (χ1n) is 5.25. The minimum Gasteiger partial charge on any atom is -0.393 e. The van der Waals surface area contributed by atoms with Crippen molar-refractivity contribution >= 4 is 0 Å². The molecule has 2 heteroatoms. The zero-order valence-electron chi connectivity index (χ0n) is 8.52. The molecule has 78 valence electrons. The van der Waals surface area contributed by atoms with Gasteiger partial charge in [0, 0.05) is 0 Å². The largest absolute Gasteiger partial charge is 0.393 e. The number of aliphatic hydroxyl groups excluding tert-OH is 1. The van der Waals surface area contributed by atoms with Gasteiger partial charge >= 0.3 is 0 Å². The molecule has 0 aromatic heterocycles. The van der Waals surface area contributed by atoms with Crippen LogP contribution in [-0.4, -0.2) is 17.8 Å². The van der Waals surface area contributed by atoms with E-state index in [-0.39, 0.29) is 6.10 Å². The fourth-order valence-corrected chi connectivity index (χ4v) is 1.51. The summed E-state index contributed by atoms with van der Waals surface area (Å²) in [4.78, 5) is 0. The number of aliphatic hydroxyl groups is 1. The molecule has 0 fully saturated rings. The van der Waals surface area contributed by atoms with Crippen molar-refractivity contribution in [3.63, 3.8) is 0 Å². The summed E-state index contributed by atoms with van der Waals surface area (Å²) in [5.41, 5.74) is 6.59. The first kappa shape index (κ1) is 11.2. The summed E-state index contributed by atoms with van der Waals surface area (Å²) in [5, 5.41) is 9.69. The lowest BCUT2D eigenvalue weighted by Crippen LogP contribution is -2.11. The van der Waals surface area contributed by atoms with Crippen molar-refractivity contribution in [1.82, 2.24) is 0 Å². The minimum atomic E-state index is -0.219. The van der Waals surface area contributed by atoms with E-state index in [2.05, 4.69) is 0 Å². The summed E-state index contributed by atoms with van der Waals surface area (Å²) < 4.78 is 0. The molecular weight excluding hydrogens is 174 g/mol. The molecule has 0 spiro atoms. The third-order valence-electron chi connectivity index (χ3n) is 2.31. The zero-order valence-corrected chi connectivity index (χ0v) is 8.52. The Balaban J connectivity index is 2.23. The van der Waals surface area contributed by atoms with E-state index < -0.39 is 0 Å². The fraction of sp³-hybridized carbons (Fsp3) is 0.500. The van der Waals surface area contributed by atoms with Crippen LogP contribution in [0.1, 0.15) is 24.8 Å². The van der Waals surface area contributed by atoms with E-state index in [0.29, 0.717) is 0 Å². The summed E-state index contributed by atoms with van der Waals surface area (Å²) in [6.45, 7) is 0.720. The molecule has 0 aliphatic carbocycles. The fourth-order valence-electron chi connectivity index (χ4n) is 1.51. The Morgan fingerprint density at radius 3 is 2.50 bits per heavy atom. The Bertz CT molecular complexity index is 235. The average molecular weight is 193 g/mol. The highest BCUT2D eigenvalue weighted by atomic mass is 16.3. The van der Waals surface area contributed by atoms with Crippen molar-refractivity contribution in [3.05, 3.63) is 35.9 Å². The number of benzene rings is 1. The molecule has 0 radical (unpaired) electrons. The third kappa shape index (κ3) is 4.40. The van der Waals surface area contributed by atoms with Gasteiger partial charge in [0.2, 0.25) is 0 Å². The van der Waals surface area contributed by atoms with Gasteiger partial charge in [-0.3, -0.25) is 0 Å². The molecule has 3 N–H and O–H groups in total. The monoisotopic (exact) mass is 193 g/mol. The second-order valence-corrected chi connectivity index (χ2v) is 3.63. The van der Waals surface area contributed by atoms with Crippen LogP contribution in [0.3, 0.4) is 0 Å². The van der Waals surface area contributed by atoms with Gasteiger partial charge in [0.25, 0.3) is 0 Å². The number of hydrogen-bond donors (Lipinski definition) is 2. The zero-order chi connectivity index (χ0) is 10.2. The van der Waals surface area contributed by atoms with Gasteiger partial charge in [0.15, 0.2) is 0 Å². The quantitative estimate of drug-likeness (QED) is 0.676. The lowest BCUT2D eigenvalue weighted by molar-refractivity contribution is 0.161. The Kier molecular flexibility index (Phi) is 5.27. The lowest BCUT2D eigenvalue weighted by Gasteiger charge is -2.09. The van der Waals surface area contributed by atoms with Crippen LogP contribution >= 0.6 is 0 Å². The maximum Gasteiger partial charge on any atom is 0.0580 e. The SMILES string of the molecule is NCCCCC(O)Cc1ccccc1. The van der Waals surface area contributed by atoms with Crippen LogP contribution in [0.4, 0.5) is 0 Å². The van der Waals surface area contributed by atoms with E-state index in [9.17, 15) is 5.11 Å². The molecule has 1 aromatic rings. The number of rotatable bonds is 6. The molecule has 0 aliphatic heterocycles. The van der Waals surface area contributed by atoms with Crippen LogP contribution in [0.5, 0.6) is 0 Å². The van der Waals surface area contributed by atoms with Gasteiger partial charge in [-0.1, -0.05) is 30.3 Å². The molecule has 0 saturated carbocycles. The number of unbranched alkanes of at least 4 members (excludes halogenated alkanes) is 1. The van der Waals surface area contributed by atoms with Crippen LogP contribution in [0.15, 0.2) is 30.3 Å². The number of nitrogens with two attached hydrogens (primary N) is 1. The molecule has 0 bridgehead atoms. The van der Waals surface area contributed by atoms with Gasteiger partial charge in [0.05, 0.1) is 6.10 Å². The van der Waals surface area contributed by atoms with Crippen molar-refractivity contribution in [2.75, 3.05) is 6.54 Å². The molecule has 0 amide bonds. The van der Waals surface area contributed by atoms with Gasteiger partial charge < -0.3 is 10.8 Å². The first-order valence-corrected chi connectivity index (χ1v) is 5.25. The van der Waals surface area contributed by atoms with Crippen molar-refractivity contribution < 1.29 is 5.11 Å². The summed E-state index contributed by atoms with van der Waals surface area (Å²) in [5.74, 6) is 0. The van der Waals surface area contributed by atoms with Gasteiger partial charge in [-0.15, -0.1) is 0 Å². The maximum absolute atomic E-state index is 9.69. The predicted octanol–water partition coefficient (Wildman–Crippen LogP) is 1.72. The standard InChI is InChI=1S/C12H19NO/c13-9-5-4-8-12(14)10-11-6-2-1-3-7-11/h1-3,6-7,12,14H,4-5,8-10,13H2. The van der Waals surface area contributed by atoms with Gasteiger partial charge in [-0.25, -0.2) is 0 Å².